The van der Waals surface area contributed by atoms with Crippen LogP contribution in [-0.2, 0) is 35.8 Å². The van der Waals surface area contributed by atoms with Gasteiger partial charge < -0.3 is 20.4 Å². The van der Waals surface area contributed by atoms with Crippen LogP contribution in [0.25, 0.3) is 0 Å². The number of benzene rings is 4. The van der Waals surface area contributed by atoms with Gasteiger partial charge >= 0.3 is 0 Å². The SMILES string of the molecule is CC(C)(C)c1cc(C(=O)Nc2nnn[nH]2)cc(C(C)(C)C)c1O.Cc1cc(C(=O)Nc2nnn[nH]2)cc(C)c1O.Cc1cc(C(=O)Nc2nnnn2C)cc(C)c1O.Cn1nnnc1NC(=O)c1cc(C(C)(C)C)c(O)c(C(C)(C)C)c1. The zero-order valence-electron chi connectivity index (χ0n) is 49.3. The smallest absolute Gasteiger partial charge is 0.258 e. The molecule has 0 aliphatic rings. The van der Waals surface area contributed by atoms with Crippen molar-refractivity contribution < 1.29 is 39.6 Å². The Morgan fingerprint density at radius 1 is 0.390 bits per heavy atom. The number of hydrogen-bond acceptors (Lipinski definition) is 20. The van der Waals surface area contributed by atoms with E-state index in [1.165, 1.54) is 9.36 Å². The molecule has 82 heavy (non-hydrogen) atoms. The van der Waals surface area contributed by atoms with Gasteiger partial charge in [-0.1, -0.05) is 103 Å². The molecular weight excluding hydrogens is 1060 g/mol. The van der Waals surface area contributed by atoms with E-state index in [4.69, 9.17) is 0 Å². The Balaban J connectivity index is 0.000000202. The quantitative estimate of drug-likeness (QED) is 0.0726. The second-order valence-corrected chi connectivity index (χ2v) is 23.3. The highest BCUT2D eigenvalue weighted by Crippen LogP contribution is 2.41. The van der Waals surface area contributed by atoms with Gasteiger partial charge in [0.1, 0.15) is 23.0 Å². The third kappa shape index (κ3) is 16.2. The van der Waals surface area contributed by atoms with Gasteiger partial charge in [0.05, 0.1) is 0 Å². The van der Waals surface area contributed by atoms with Crippen LogP contribution in [-0.4, -0.2) is 126 Å². The van der Waals surface area contributed by atoms with E-state index in [0.717, 1.165) is 22.3 Å². The number of phenols is 4. The van der Waals surface area contributed by atoms with Gasteiger partial charge in [-0.15, -0.1) is 0 Å². The fraction of sp³-hybridized carbons (Fsp3) is 0.407. The number of aromatic hydroxyl groups is 4. The lowest BCUT2D eigenvalue weighted by Gasteiger charge is -2.28. The number of hydrogen-bond donors (Lipinski definition) is 10. The monoisotopic (exact) mass is 1130 g/mol. The summed E-state index contributed by atoms with van der Waals surface area (Å²) in [6.07, 6.45) is 0. The molecule has 28 heteroatoms. The molecule has 4 aromatic heterocycles. The molecule has 0 saturated carbocycles. The predicted molar refractivity (Wildman–Crippen MR) is 304 cm³/mol. The lowest BCUT2D eigenvalue weighted by molar-refractivity contribution is 0.101. The van der Waals surface area contributed by atoms with Crippen molar-refractivity contribution in [3.8, 4) is 23.0 Å². The van der Waals surface area contributed by atoms with Gasteiger partial charge in [0.2, 0.25) is 23.8 Å². The molecule has 0 spiro atoms. The summed E-state index contributed by atoms with van der Waals surface area (Å²) in [4.78, 5) is 48.9. The molecule has 436 valence electrons. The Morgan fingerprint density at radius 2 is 0.646 bits per heavy atom. The number of aromatic nitrogens is 16. The summed E-state index contributed by atoms with van der Waals surface area (Å²) in [7, 11) is 3.27. The largest absolute Gasteiger partial charge is 0.507 e. The van der Waals surface area contributed by atoms with Crippen molar-refractivity contribution in [1.82, 2.24) is 81.7 Å². The zero-order valence-corrected chi connectivity index (χ0v) is 49.3. The molecule has 0 bridgehead atoms. The number of carbonyl (C=O) groups excluding carboxylic acids is 4. The molecule has 4 aromatic carbocycles. The second kappa shape index (κ2) is 25.1. The average molecular weight is 1130 g/mol. The number of anilines is 4. The Morgan fingerprint density at radius 3 is 0.866 bits per heavy atom. The minimum atomic E-state index is -0.338. The Labute approximate surface area is 473 Å². The summed E-state index contributed by atoms with van der Waals surface area (Å²) >= 11 is 0. The first kappa shape index (κ1) is 63.1. The number of amides is 4. The second-order valence-electron chi connectivity index (χ2n) is 23.3. The molecule has 4 heterocycles. The molecule has 0 unspecified atom stereocenters. The van der Waals surface area contributed by atoms with Gasteiger partial charge in [0.25, 0.3) is 23.6 Å². The maximum atomic E-state index is 12.6. The molecule has 0 radical (unpaired) electrons. The van der Waals surface area contributed by atoms with Crippen LogP contribution in [0.4, 0.5) is 23.8 Å². The normalized spacial score (nSPS) is 11.4. The number of nitrogens with one attached hydrogen (secondary N) is 6. The predicted octanol–water partition coefficient (Wildman–Crippen LogP) is 7.07. The van der Waals surface area contributed by atoms with Crippen molar-refractivity contribution in [2.75, 3.05) is 21.3 Å². The highest BCUT2D eigenvalue weighted by molar-refractivity contribution is 6.05. The van der Waals surface area contributed by atoms with Crippen molar-refractivity contribution in [2.45, 2.75) is 132 Å². The van der Waals surface area contributed by atoms with Gasteiger partial charge in [-0.25, -0.2) is 19.6 Å². The number of H-pyrrole nitrogens is 2. The average Bonchev–Trinajstić information content (AvgIpc) is 4.23. The Kier molecular flexibility index (Phi) is 19.3. The summed E-state index contributed by atoms with van der Waals surface area (Å²) < 4.78 is 2.74. The van der Waals surface area contributed by atoms with Crippen LogP contribution in [0.15, 0.2) is 48.5 Å². The molecule has 8 aromatic rings. The summed E-state index contributed by atoms with van der Waals surface area (Å²) in [5, 5.41) is 98.3. The van der Waals surface area contributed by atoms with E-state index in [-0.39, 0.29) is 92.1 Å². The zero-order chi connectivity index (χ0) is 61.4. The van der Waals surface area contributed by atoms with E-state index in [2.05, 4.69) is 93.6 Å². The van der Waals surface area contributed by atoms with E-state index in [1.54, 1.807) is 90.3 Å². The lowest BCUT2D eigenvalue weighted by atomic mass is 9.78. The topological polar surface area (TPSA) is 393 Å². The number of rotatable bonds is 8. The van der Waals surface area contributed by atoms with Crippen LogP contribution in [0.2, 0.25) is 0 Å². The number of aromatic amines is 2. The van der Waals surface area contributed by atoms with E-state index in [0.29, 0.717) is 44.5 Å². The third-order valence-corrected chi connectivity index (χ3v) is 12.3. The molecule has 0 aliphatic carbocycles. The van der Waals surface area contributed by atoms with Crippen LogP contribution >= 0.6 is 0 Å². The van der Waals surface area contributed by atoms with Crippen LogP contribution < -0.4 is 21.3 Å². The lowest BCUT2D eigenvalue weighted by Crippen LogP contribution is -2.21. The fourth-order valence-electron chi connectivity index (χ4n) is 7.79. The van der Waals surface area contributed by atoms with Crippen molar-refractivity contribution in [3.63, 3.8) is 0 Å². The van der Waals surface area contributed by atoms with Crippen LogP contribution in [0.5, 0.6) is 23.0 Å². The van der Waals surface area contributed by atoms with E-state index in [9.17, 15) is 39.6 Å². The van der Waals surface area contributed by atoms with Crippen LogP contribution in [0, 0.1) is 27.7 Å². The first-order valence-electron chi connectivity index (χ1n) is 25.5. The van der Waals surface area contributed by atoms with E-state index >= 15 is 0 Å². The van der Waals surface area contributed by atoms with Gasteiger partial charge in [-0.05, 0) is 162 Å². The Bertz CT molecular complexity index is 3450. The van der Waals surface area contributed by atoms with Crippen LogP contribution in [0.3, 0.4) is 0 Å². The minimum Gasteiger partial charge on any atom is -0.507 e. The van der Waals surface area contributed by atoms with E-state index in [1.807, 2.05) is 83.1 Å². The fourth-order valence-corrected chi connectivity index (χ4v) is 7.79. The first-order valence-corrected chi connectivity index (χ1v) is 25.5. The standard InChI is InChI=1S/C17H25N5O2.C16H23N5O2.C11H13N5O2.C10H11N5O2/c1-16(2,3)11-8-10(9-12(13(11)23)17(4,5)6)14(24)18-15-19-20-21-22(15)7;1-15(2,3)10-7-9(8-11(12(10)22)16(4,5)6)13(23)17-14-18-20-21-19-14;1-6-4-8(5-7(2)9(6)17)10(18)12-11-13-14-15-16(11)3;1-5-3-7(4-6(2)8(5)16)9(17)11-10-12-14-15-13-10/h8-9,23H,1-7H3,(H,18,19,21,24);7-8,22H,1-6H3,(H2,17,18,19,20,21,23);4-5,17H,1-3H3,(H,12,13,15,18);3-4,16H,1-2H3,(H2,11,12,13,14,15,17). The molecule has 4 amide bonds. The van der Waals surface area contributed by atoms with E-state index < -0.39 is 0 Å². The maximum Gasteiger partial charge on any atom is 0.258 e. The number of aryl methyl sites for hydroxylation is 6. The summed E-state index contributed by atoms with van der Waals surface area (Å²) in [6, 6.07) is 13.3. The molecule has 28 nitrogen and oxygen atoms in total. The number of phenolic OH excluding ortho intramolecular Hbond substituents is 4. The minimum absolute atomic E-state index is 0.178. The third-order valence-electron chi connectivity index (χ3n) is 12.3. The number of tetrazole rings is 4. The van der Waals surface area contributed by atoms with Crippen molar-refractivity contribution >= 4 is 47.4 Å². The van der Waals surface area contributed by atoms with Crippen molar-refractivity contribution in [2.24, 2.45) is 14.1 Å². The number of carbonyl (C=O) groups is 4. The first-order chi connectivity index (χ1) is 38.0. The molecule has 8 rings (SSSR count). The maximum absolute atomic E-state index is 12.6. The molecule has 0 fully saturated rings. The molecular formula is C54H72N20O8. The van der Waals surface area contributed by atoms with Gasteiger partial charge in [0.15, 0.2) is 0 Å². The molecule has 0 saturated heterocycles. The highest BCUT2D eigenvalue weighted by atomic mass is 16.3. The van der Waals surface area contributed by atoms with Crippen LogP contribution in [0.1, 0.15) is 169 Å². The molecule has 0 atom stereocenters. The van der Waals surface area contributed by atoms with Gasteiger partial charge in [0, 0.05) is 58.6 Å². The summed E-state index contributed by atoms with van der Waals surface area (Å²) in [5.74, 6) is 0.462. The van der Waals surface area contributed by atoms with Crippen molar-refractivity contribution in [3.05, 3.63) is 115 Å². The van der Waals surface area contributed by atoms with Crippen molar-refractivity contribution in [1.29, 1.82) is 0 Å². The highest BCUT2D eigenvalue weighted by Gasteiger charge is 2.30. The molecule has 0 aliphatic heterocycles. The Hall–Kier alpha value is -9.76. The summed E-state index contributed by atoms with van der Waals surface area (Å²) in [6.45, 7) is 30.9. The number of nitrogens with zero attached hydrogens (tertiary/aromatic N) is 14. The summed E-state index contributed by atoms with van der Waals surface area (Å²) in [5.41, 5.74) is 6.12. The van der Waals surface area contributed by atoms with Gasteiger partial charge in [-0.2, -0.15) is 0 Å². The molecule has 10 N–H and O–H groups in total. The van der Waals surface area contributed by atoms with Gasteiger partial charge in [-0.3, -0.25) is 40.4 Å².